The van der Waals surface area contributed by atoms with Crippen molar-refractivity contribution in [3.05, 3.63) is 71.3 Å². The van der Waals surface area contributed by atoms with Crippen LogP contribution in [0, 0.1) is 6.92 Å². The number of benzene rings is 2. The Morgan fingerprint density at radius 1 is 1.00 bits per heavy atom. The van der Waals surface area contributed by atoms with Crippen molar-refractivity contribution in [2.45, 2.75) is 51.5 Å². The summed E-state index contributed by atoms with van der Waals surface area (Å²) in [5.41, 5.74) is 5.56. The van der Waals surface area contributed by atoms with E-state index in [0.29, 0.717) is 12.1 Å². The number of carbonyl (C=O) groups is 2. The molecule has 32 heavy (non-hydrogen) atoms. The van der Waals surface area contributed by atoms with E-state index in [9.17, 15) is 9.59 Å². The third kappa shape index (κ3) is 7.61. The van der Waals surface area contributed by atoms with Gasteiger partial charge in [0.25, 0.3) is 11.8 Å². The fourth-order valence-corrected chi connectivity index (χ4v) is 3.96. The van der Waals surface area contributed by atoms with Crippen LogP contribution < -0.4 is 10.7 Å². The van der Waals surface area contributed by atoms with Crippen LogP contribution in [0.1, 0.15) is 60.0 Å². The van der Waals surface area contributed by atoms with Crippen LogP contribution in [0.3, 0.4) is 0 Å². The van der Waals surface area contributed by atoms with Gasteiger partial charge in [-0.1, -0.05) is 54.4 Å². The van der Waals surface area contributed by atoms with E-state index in [-0.39, 0.29) is 17.9 Å². The monoisotopic (exact) mass is 434 g/mol. The molecule has 170 valence electrons. The highest BCUT2D eigenvalue weighted by molar-refractivity contribution is 5.94. The number of likely N-dealkylation sites (tertiary alicyclic amines) is 1. The lowest BCUT2D eigenvalue weighted by Crippen LogP contribution is -2.47. The molecule has 0 aromatic heterocycles. The zero-order valence-corrected chi connectivity index (χ0v) is 18.9. The van der Waals surface area contributed by atoms with Gasteiger partial charge in [0.2, 0.25) is 0 Å². The molecule has 1 aliphatic rings. The second-order valence-electron chi connectivity index (χ2n) is 8.38. The number of amides is 2. The Balaban J connectivity index is 1.47. The first-order chi connectivity index (χ1) is 15.6. The molecule has 2 N–H and O–H groups in total. The number of carbonyl (C=O) groups excluding carboxylic acids is 2. The quantitative estimate of drug-likeness (QED) is 0.338. The fraction of sp³-hybridized carbons (Fsp3) is 0.423. The molecule has 2 amide bonds. The van der Waals surface area contributed by atoms with E-state index in [2.05, 4.69) is 20.7 Å². The predicted octanol–water partition coefficient (Wildman–Crippen LogP) is 3.90. The number of aryl methyl sites for hydroxylation is 1. The molecular weight excluding hydrogens is 400 g/mol. The lowest BCUT2D eigenvalue weighted by atomic mass is 10.0. The normalized spacial score (nSPS) is 15.4. The van der Waals surface area contributed by atoms with Crippen molar-refractivity contribution in [3.63, 3.8) is 0 Å². The fourth-order valence-electron chi connectivity index (χ4n) is 3.96. The molecule has 0 bridgehead atoms. The molecular formula is C26H34N4O2. The molecule has 6 nitrogen and oxygen atoms in total. The summed E-state index contributed by atoms with van der Waals surface area (Å²) in [4.78, 5) is 27.3. The van der Waals surface area contributed by atoms with Gasteiger partial charge in [-0.25, -0.2) is 5.43 Å². The van der Waals surface area contributed by atoms with Crippen LogP contribution in [0.2, 0.25) is 0 Å². The number of hydrazone groups is 1. The molecule has 3 rings (SSSR count). The van der Waals surface area contributed by atoms with E-state index in [1.165, 1.54) is 12.0 Å². The molecule has 1 atom stereocenters. The zero-order chi connectivity index (χ0) is 22.6. The van der Waals surface area contributed by atoms with Crippen molar-refractivity contribution >= 4 is 18.0 Å². The largest absolute Gasteiger partial charge is 0.352 e. The summed E-state index contributed by atoms with van der Waals surface area (Å²) in [6.07, 6.45) is 7.62. The first-order valence-electron chi connectivity index (χ1n) is 11.6. The molecule has 0 spiro atoms. The summed E-state index contributed by atoms with van der Waals surface area (Å²) in [6, 6.07) is 17.1. The van der Waals surface area contributed by atoms with Crippen LogP contribution in [0.25, 0.3) is 0 Å². The minimum Gasteiger partial charge on any atom is -0.352 e. The van der Waals surface area contributed by atoms with Crippen LogP contribution in [-0.4, -0.2) is 48.6 Å². The van der Waals surface area contributed by atoms with Crippen molar-refractivity contribution in [2.75, 3.05) is 19.6 Å². The zero-order valence-electron chi connectivity index (χ0n) is 18.9. The van der Waals surface area contributed by atoms with E-state index in [1.807, 2.05) is 61.5 Å². The highest BCUT2D eigenvalue weighted by Crippen LogP contribution is 2.16. The predicted molar refractivity (Wildman–Crippen MR) is 129 cm³/mol. The molecule has 0 saturated carbocycles. The van der Waals surface area contributed by atoms with Crippen LogP contribution in [-0.2, 0) is 4.79 Å². The highest BCUT2D eigenvalue weighted by atomic mass is 16.2. The average Bonchev–Trinajstić information content (AvgIpc) is 2.83. The van der Waals surface area contributed by atoms with Crippen LogP contribution in [0.4, 0.5) is 0 Å². The van der Waals surface area contributed by atoms with Gasteiger partial charge in [0.1, 0.15) is 0 Å². The second-order valence-corrected chi connectivity index (χ2v) is 8.38. The molecule has 2 aromatic carbocycles. The Kier molecular flexibility index (Phi) is 9.44. The van der Waals surface area contributed by atoms with Crippen LogP contribution in [0.5, 0.6) is 0 Å². The van der Waals surface area contributed by atoms with Crippen molar-refractivity contribution in [3.8, 4) is 0 Å². The Bertz CT molecular complexity index is 874. The van der Waals surface area contributed by atoms with Gasteiger partial charge in [0, 0.05) is 12.1 Å². The van der Waals surface area contributed by atoms with E-state index in [4.69, 9.17) is 0 Å². The molecule has 1 heterocycles. The van der Waals surface area contributed by atoms with Crippen LogP contribution in [0.15, 0.2) is 59.7 Å². The maximum absolute atomic E-state index is 12.9. The molecule has 1 saturated heterocycles. The summed E-state index contributed by atoms with van der Waals surface area (Å²) in [5, 5.41) is 7.14. The molecule has 0 aliphatic carbocycles. The number of hydrogen-bond donors (Lipinski definition) is 2. The lowest BCUT2D eigenvalue weighted by molar-refractivity contribution is -0.127. The van der Waals surface area contributed by atoms with Crippen LogP contribution >= 0.6 is 0 Å². The Labute approximate surface area is 191 Å². The Morgan fingerprint density at radius 3 is 2.44 bits per heavy atom. The van der Waals surface area contributed by atoms with Gasteiger partial charge >= 0.3 is 0 Å². The molecule has 0 radical (unpaired) electrons. The summed E-state index contributed by atoms with van der Waals surface area (Å²) < 4.78 is 0. The Hall–Kier alpha value is -2.99. The van der Waals surface area contributed by atoms with Gasteiger partial charge in [-0.05, 0) is 69.8 Å². The summed E-state index contributed by atoms with van der Waals surface area (Å²) in [6.45, 7) is 4.54. The number of unbranched alkanes of at least 4 members (excludes halogenated alkanes) is 1. The third-order valence-electron chi connectivity index (χ3n) is 5.83. The van der Waals surface area contributed by atoms with E-state index in [0.717, 1.165) is 50.8 Å². The van der Waals surface area contributed by atoms with Gasteiger partial charge < -0.3 is 5.32 Å². The highest BCUT2D eigenvalue weighted by Gasteiger charge is 2.26. The van der Waals surface area contributed by atoms with Gasteiger partial charge in [-0.15, -0.1) is 0 Å². The van der Waals surface area contributed by atoms with E-state index < -0.39 is 0 Å². The minimum atomic E-state index is -0.185. The van der Waals surface area contributed by atoms with E-state index in [1.54, 1.807) is 6.21 Å². The van der Waals surface area contributed by atoms with Gasteiger partial charge in [0.05, 0.1) is 12.3 Å². The number of hydrogen-bond acceptors (Lipinski definition) is 4. The second kappa shape index (κ2) is 12.8. The topological polar surface area (TPSA) is 73.8 Å². The summed E-state index contributed by atoms with van der Waals surface area (Å²) in [5.74, 6) is -0.107. The standard InChI is InChI=1S/C26H34N4O2/c1-21-13-15-22(16-14-21)20-28-29-26(32)24(30-18-8-3-9-19-30)12-6-7-17-27-25(31)23-10-4-2-5-11-23/h2,4-5,10-11,13-16,20,24H,3,6-9,12,17-19H2,1H3,(H,27,31)(H,29,32)/b28-20+. The maximum Gasteiger partial charge on any atom is 0.257 e. The van der Waals surface area contributed by atoms with Crippen molar-refractivity contribution in [1.82, 2.24) is 15.6 Å². The van der Waals surface area contributed by atoms with Crippen molar-refractivity contribution < 1.29 is 9.59 Å². The van der Waals surface area contributed by atoms with E-state index >= 15 is 0 Å². The number of rotatable bonds is 10. The maximum atomic E-state index is 12.9. The SMILES string of the molecule is Cc1ccc(/C=N/NC(=O)C(CCCCNC(=O)c2ccccc2)N2CCCCC2)cc1. The number of nitrogens with one attached hydrogen (secondary N) is 2. The Morgan fingerprint density at radius 2 is 1.72 bits per heavy atom. The smallest absolute Gasteiger partial charge is 0.257 e. The van der Waals surface area contributed by atoms with Gasteiger partial charge in [0.15, 0.2) is 0 Å². The summed E-state index contributed by atoms with van der Waals surface area (Å²) in [7, 11) is 0. The van der Waals surface area contributed by atoms with Gasteiger partial charge in [-0.3, -0.25) is 14.5 Å². The first-order valence-corrected chi connectivity index (χ1v) is 11.6. The molecule has 2 aromatic rings. The third-order valence-corrected chi connectivity index (χ3v) is 5.83. The molecule has 6 heteroatoms. The minimum absolute atomic E-state index is 0.0522. The lowest BCUT2D eigenvalue weighted by Gasteiger charge is -2.33. The average molecular weight is 435 g/mol. The molecule has 1 unspecified atom stereocenters. The van der Waals surface area contributed by atoms with Gasteiger partial charge in [-0.2, -0.15) is 5.10 Å². The van der Waals surface area contributed by atoms with Crippen molar-refractivity contribution in [1.29, 1.82) is 0 Å². The van der Waals surface area contributed by atoms with Crippen molar-refractivity contribution in [2.24, 2.45) is 5.10 Å². The number of piperidine rings is 1. The molecule has 1 fully saturated rings. The first kappa shape index (κ1) is 23.7. The number of nitrogens with zero attached hydrogens (tertiary/aromatic N) is 2. The summed E-state index contributed by atoms with van der Waals surface area (Å²) >= 11 is 0. The molecule has 1 aliphatic heterocycles.